The topological polar surface area (TPSA) is 75.2 Å². The zero-order chi connectivity index (χ0) is 21.7. The molecule has 0 bridgehead atoms. The lowest BCUT2D eigenvalue weighted by Gasteiger charge is -2.21. The number of carbonyl (C=O) groups is 1. The molecule has 8 heteroatoms. The molecule has 3 rings (SSSR count). The fourth-order valence-electron chi connectivity index (χ4n) is 3.97. The molecular weight excluding hydrogens is 519 g/mol. The Hall–Kier alpha value is -1.39. The number of benzene rings is 1. The number of guanidine groups is 1. The molecule has 0 saturated carbocycles. The first-order valence-electron chi connectivity index (χ1n) is 11.8. The van der Waals surface area contributed by atoms with Gasteiger partial charge in [-0.15, -0.1) is 24.0 Å². The summed E-state index contributed by atoms with van der Waals surface area (Å²) in [4.78, 5) is 18.5. The van der Waals surface area contributed by atoms with Gasteiger partial charge in [0.15, 0.2) is 5.96 Å². The number of ether oxygens (including phenoxy) is 2. The summed E-state index contributed by atoms with van der Waals surface area (Å²) in [6, 6.07) is 8.38. The van der Waals surface area contributed by atoms with Crippen LogP contribution in [0.2, 0.25) is 0 Å². The number of amides is 1. The Morgan fingerprint density at radius 2 is 2.06 bits per heavy atom. The van der Waals surface area contributed by atoms with Gasteiger partial charge in [-0.2, -0.15) is 0 Å². The van der Waals surface area contributed by atoms with E-state index in [1.165, 1.54) is 5.56 Å². The number of halogens is 1. The van der Waals surface area contributed by atoms with Crippen molar-refractivity contribution in [3.8, 4) is 0 Å². The number of nitrogens with one attached hydrogen (secondary N) is 2. The summed E-state index contributed by atoms with van der Waals surface area (Å²) in [5, 5.41) is 6.70. The van der Waals surface area contributed by atoms with Crippen LogP contribution in [0.3, 0.4) is 0 Å². The van der Waals surface area contributed by atoms with Gasteiger partial charge in [0.2, 0.25) is 5.91 Å². The lowest BCUT2D eigenvalue weighted by molar-refractivity contribution is -0.128. The predicted octanol–water partition coefficient (Wildman–Crippen LogP) is 3.32. The Bertz CT molecular complexity index is 710. The third-order valence-electron chi connectivity index (χ3n) is 5.75. The molecule has 0 radical (unpaired) electrons. The van der Waals surface area contributed by atoms with Gasteiger partial charge in [-0.1, -0.05) is 24.3 Å². The van der Waals surface area contributed by atoms with E-state index in [0.717, 1.165) is 83.3 Å². The SMILES string of the molecule is CCNC(=NCc1cccc(CN2CCCC2=O)c1)NCCCOCC1CCOCC1.I. The average molecular weight is 559 g/mol. The second-order valence-electron chi connectivity index (χ2n) is 8.34. The van der Waals surface area contributed by atoms with E-state index in [1.54, 1.807) is 0 Å². The van der Waals surface area contributed by atoms with Crippen molar-refractivity contribution in [2.75, 3.05) is 46.1 Å². The van der Waals surface area contributed by atoms with Gasteiger partial charge in [-0.05, 0) is 49.7 Å². The van der Waals surface area contributed by atoms with Crippen LogP contribution in [0.5, 0.6) is 0 Å². The minimum Gasteiger partial charge on any atom is -0.381 e. The van der Waals surface area contributed by atoms with Crippen LogP contribution >= 0.6 is 24.0 Å². The fourth-order valence-corrected chi connectivity index (χ4v) is 3.97. The minimum absolute atomic E-state index is 0. The van der Waals surface area contributed by atoms with Gasteiger partial charge < -0.3 is 25.0 Å². The molecule has 0 unspecified atom stereocenters. The summed E-state index contributed by atoms with van der Waals surface area (Å²) in [6.07, 6.45) is 4.84. The van der Waals surface area contributed by atoms with Crippen LogP contribution in [0, 0.1) is 5.92 Å². The van der Waals surface area contributed by atoms with E-state index in [4.69, 9.17) is 14.5 Å². The third kappa shape index (κ3) is 9.62. The Kier molecular flexibility index (Phi) is 13.0. The molecule has 32 heavy (non-hydrogen) atoms. The van der Waals surface area contributed by atoms with Crippen molar-refractivity contribution < 1.29 is 14.3 Å². The number of carbonyl (C=O) groups excluding carboxylic acids is 1. The van der Waals surface area contributed by atoms with Gasteiger partial charge in [-0.3, -0.25) is 4.79 Å². The number of nitrogens with zero attached hydrogens (tertiary/aromatic N) is 2. The molecule has 0 aliphatic carbocycles. The molecule has 2 aliphatic rings. The van der Waals surface area contributed by atoms with E-state index in [1.807, 2.05) is 4.90 Å². The van der Waals surface area contributed by atoms with Crippen molar-refractivity contribution in [2.45, 2.75) is 52.1 Å². The maximum absolute atomic E-state index is 11.9. The van der Waals surface area contributed by atoms with Crippen LogP contribution in [0.25, 0.3) is 0 Å². The zero-order valence-corrected chi connectivity index (χ0v) is 21.6. The number of aliphatic imine (C=N–C) groups is 1. The van der Waals surface area contributed by atoms with Gasteiger partial charge in [0.1, 0.15) is 0 Å². The van der Waals surface area contributed by atoms with Gasteiger partial charge in [0.05, 0.1) is 6.54 Å². The first kappa shape index (κ1) is 26.9. The molecule has 2 saturated heterocycles. The molecule has 2 fully saturated rings. The second kappa shape index (κ2) is 15.4. The number of hydrogen-bond donors (Lipinski definition) is 2. The highest BCUT2D eigenvalue weighted by Crippen LogP contribution is 2.16. The fraction of sp³-hybridized carbons (Fsp3) is 0.667. The molecule has 2 aliphatic heterocycles. The molecule has 0 spiro atoms. The molecule has 1 amide bonds. The van der Waals surface area contributed by atoms with Crippen LogP contribution < -0.4 is 10.6 Å². The number of rotatable bonds is 11. The van der Waals surface area contributed by atoms with Crippen LogP contribution in [0.15, 0.2) is 29.3 Å². The maximum atomic E-state index is 11.9. The summed E-state index contributed by atoms with van der Waals surface area (Å²) in [7, 11) is 0. The van der Waals surface area contributed by atoms with E-state index in [2.05, 4.69) is 41.8 Å². The van der Waals surface area contributed by atoms with Crippen LogP contribution in [0.4, 0.5) is 0 Å². The smallest absolute Gasteiger partial charge is 0.222 e. The van der Waals surface area contributed by atoms with Gasteiger partial charge in [0.25, 0.3) is 0 Å². The summed E-state index contributed by atoms with van der Waals surface area (Å²) in [5.74, 6) is 1.74. The molecule has 1 aromatic carbocycles. The molecule has 0 aromatic heterocycles. The van der Waals surface area contributed by atoms with Crippen LogP contribution in [-0.2, 0) is 27.4 Å². The molecule has 2 N–H and O–H groups in total. The normalized spacial score (nSPS) is 17.3. The lowest BCUT2D eigenvalue weighted by Crippen LogP contribution is -2.38. The van der Waals surface area contributed by atoms with Crippen LogP contribution in [-0.4, -0.2) is 62.8 Å². The predicted molar refractivity (Wildman–Crippen MR) is 138 cm³/mol. The van der Waals surface area contributed by atoms with E-state index < -0.39 is 0 Å². The van der Waals surface area contributed by atoms with Gasteiger partial charge >= 0.3 is 0 Å². The van der Waals surface area contributed by atoms with Crippen molar-refractivity contribution >= 4 is 35.8 Å². The Morgan fingerprint density at radius 1 is 1.25 bits per heavy atom. The molecule has 7 nitrogen and oxygen atoms in total. The Morgan fingerprint density at radius 3 is 2.81 bits per heavy atom. The summed E-state index contributed by atoms with van der Waals surface area (Å²) < 4.78 is 11.2. The van der Waals surface area contributed by atoms with E-state index in [-0.39, 0.29) is 29.9 Å². The van der Waals surface area contributed by atoms with E-state index >= 15 is 0 Å². The number of likely N-dealkylation sites (tertiary alicyclic amines) is 1. The highest BCUT2D eigenvalue weighted by molar-refractivity contribution is 14.0. The molecular formula is C24H39IN4O3. The zero-order valence-electron chi connectivity index (χ0n) is 19.3. The quantitative estimate of drug-likeness (QED) is 0.189. The average Bonchev–Trinajstić information content (AvgIpc) is 3.19. The lowest BCUT2D eigenvalue weighted by atomic mass is 10.0. The number of hydrogen-bond acceptors (Lipinski definition) is 4. The van der Waals surface area contributed by atoms with Crippen molar-refractivity contribution in [1.82, 2.24) is 15.5 Å². The first-order chi connectivity index (χ1) is 15.2. The monoisotopic (exact) mass is 558 g/mol. The van der Waals surface area contributed by atoms with Crippen molar-refractivity contribution in [3.63, 3.8) is 0 Å². The van der Waals surface area contributed by atoms with E-state index in [0.29, 0.717) is 25.4 Å². The minimum atomic E-state index is 0. The first-order valence-corrected chi connectivity index (χ1v) is 11.8. The highest BCUT2D eigenvalue weighted by Gasteiger charge is 2.19. The molecule has 0 atom stereocenters. The maximum Gasteiger partial charge on any atom is 0.222 e. The van der Waals surface area contributed by atoms with Crippen molar-refractivity contribution in [1.29, 1.82) is 0 Å². The molecule has 1 aromatic rings. The molecule has 180 valence electrons. The Balaban J connectivity index is 0.00000363. The summed E-state index contributed by atoms with van der Waals surface area (Å²) in [6.45, 7) is 9.25. The standard InChI is InChI=1S/C24H38N4O3.HI/c1-2-25-24(26-11-5-13-31-19-20-9-14-30-15-10-20)27-17-21-6-3-7-22(16-21)18-28-12-4-8-23(28)29;/h3,6-7,16,20H,2,4-5,8-15,17-19H2,1H3,(H2,25,26,27);1H. The second-order valence-corrected chi connectivity index (χ2v) is 8.34. The largest absolute Gasteiger partial charge is 0.381 e. The van der Waals surface area contributed by atoms with Crippen molar-refractivity contribution in [3.05, 3.63) is 35.4 Å². The highest BCUT2D eigenvalue weighted by atomic mass is 127. The van der Waals surface area contributed by atoms with Crippen molar-refractivity contribution in [2.24, 2.45) is 10.9 Å². The Labute approximate surface area is 209 Å². The van der Waals surface area contributed by atoms with Gasteiger partial charge in [-0.25, -0.2) is 4.99 Å². The van der Waals surface area contributed by atoms with Gasteiger partial charge in [0, 0.05) is 59.0 Å². The third-order valence-corrected chi connectivity index (χ3v) is 5.75. The summed E-state index contributed by atoms with van der Waals surface area (Å²) in [5.41, 5.74) is 2.32. The summed E-state index contributed by atoms with van der Waals surface area (Å²) >= 11 is 0. The van der Waals surface area contributed by atoms with E-state index in [9.17, 15) is 4.79 Å². The van der Waals surface area contributed by atoms with Crippen LogP contribution in [0.1, 0.15) is 50.2 Å². The molecule has 2 heterocycles.